The number of hydrogen-bond donors (Lipinski definition) is 1. The molecule has 1 N–H and O–H groups in total. The van der Waals surface area contributed by atoms with Crippen molar-refractivity contribution in [2.24, 2.45) is 11.3 Å². The van der Waals surface area contributed by atoms with E-state index in [2.05, 4.69) is 50.4 Å². The summed E-state index contributed by atoms with van der Waals surface area (Å²) in [5, 5.41) is 3.43. The largest absolute Gasteiger partial charge is 0.353 e. The SMILES string of the molecule is CC(C)(C)C1CCC(NC(=O)C2(c3ccccc3)CCCC2)CC1. The molecule has 2 fully saturated rings. The zero-order valence-corrected chi connectivity index (χ0v) is 15.6. The Labute approximate surface area is 147 Å². The second kappa shape index (κ2) is 6.90. The summed E-state index contributed by atoms with van der Waals surface area (Å²) in [6.07, 6.45) is 9.09. The molecular formula is C22H33NO. The predicted octanol–water partition coefficient (Wildman–Crippen LogP) is 5.22. The van der Waals surface area contributed by atoms with Crippen molar-refractivity contribution in [3.8, 4) is 0 Å². The van der Waals surface area contributed by atoms with Crippen LogP contribution in [0.25, 0.3) is 0 Å². The molecular weight excluding hydrogens is 294 g/mol. The summed E-state index contributed by atoms with van der Waals surface area (Å²) in [4.78, 5) is 13.2. The van der Waals surface area contributed by atoms with Gasteiger partial charge in [-0.3, -0.25) is 4.79 Å². The van der Waals surface area contributed by atoms with E-state index in [1.54, 1.807) is 0 Å². The van der Waals surface area contributed by atoms with Crippen LogP contribution >= 0.6 is 0 Å². The van der Waals surface area contributed by atoms with Crippen molar-refractivity contribution in [2.45, 2.75) is 83.6 Å². The topological polar surface area (TPSA) is 29.1 Å². The van der Waals surface area contributed by atoms with Gasteiger partial charge in [0.2, 0.25) is 5.91 Å². The number of benzene rings is 1. The van der Waals surface area contributed by atoms with Gasteiger partial charge in [-0.05, 0) is 55.4 Å². The molecule has 0 radical (unpaired) electrons. The average molecular weight is 328 g/mol. The molecule has 1 aromatic carbocycles. The van der Waals surface area contributed by atoms with Crippen LogP contribution < -0.4 is 5.32 Å². The van der Waals surface area contributed by atoms with E-state index < -0.39 is 0 Å². The van der Waals surface area contributed by atoms with E-state index in [4.69, 9.17) is 0 Å². The highest BCUT2D eigenvalue weighted by atomic mass is 16.2. The van der Waals surface area contributed by atoms with Gasteiger partial charge in [-0.25, -0.2) is 0 Å². The summed E-state index contributed by atoms with van der Waals surface area (Å²) in [6.45, 7) is 7.04. The minimum Gasteiger partial charge on any atom is -0.353 e. The minimum absolute atomic E-state index is 0.276. The molecule has 0 unspecified atom stereocenters. The first-order valence-electron chi connectivity index (χ1n) is 9.78. The molecule has 1 amide bonds. The molecule has 2 heteroatoms. The zero-order valence-electron chi connectivity index (χ0n) is 15.6. The van der Waals surface area contributed by atoms with E-state index in [0.29, 0.717) is 11.5 Å². The first-order valence-corrected chi connectivity index (χ1v) is 9.78. The van der Waals surface area contributed by atoms with E-state index in [1.165, 1.54) is 31.2 Å². The Bertz CT molecular complexity index is 543. The van der Waals surface area contributed by atoms with Crippen LogP contribution in [0, 0.1) is 11.3 Å². The van der Waals surface area contributed by atoms with Gasteiger partial charge in [0.05, 0.1) is 5.41 Å². The molecule has 2 aliphatic carbocycles. The van der Waals surface area contributed by atoms with Crippen molar-refractivity contribution < 1.29 is 4.79 Å². The van der Waals surface area contributed by atoms with E-state index in [-0.39, 0.29) is 11.3 Å². The summed E-state index contributed by atoms with van der Waals surface area (Å²) in [5.41, 5.74) is 1.33. The first kappa shape index (κ1) is 17.5. The molecule has 0 aliphatic heterocycles. The lowest BCUT2D eigenvalue weighted by atomic mass is 9.71. The molecule has 0 bridgehead atoms. The smallest absolute Gasteiger partial charge is 0.230 e. The monoisotopic (exact) mass is 327 g/mol. The molecule has 2 saturated carbocycles. The summed E-state index contributed by atoms with van der Waals surface area (Å²) >= 11 is 0. The lowest BCUT2D eigenvalue weighted by Crippen LogP contribution is -2.48. The van der Waals surface area contributed by atoms with Gasteiger partial charge < -0.3 is 5.32 Å². The Kier molecular flexibility index (Phi) is 5.03. The standard InChI is InChI=1S/C22H33NO/c1-21(2,3)17-11-13-19(14-12-17)23-20(24)22(15-7-8-16-22)18-9-5-4-6-10-18/h4-6,9-10,17,19H,7-8,11-16H2,1-3H3,(H,23,24). The third kappa shape index (κ3) is 3.53. The molecule has 2 nitrogen and oxygen atoms in total. The fraction of sp³-hybridized carbons (Fsp3) is 0.682. The van der Waals surface area contributed by atoms with Crippen LogP contribution in [0.4, 0.5) is 0 Å². The summed E-state index contributed by atoms with van der Waals surface area (Å²) in [6, 6.07) is 10.8. The number of carbonyl (C=O) groups is 1. The van der Waals surface area contributed by atoms with Crippen LogP contribution in [0.1, 0.15) is 77.7 Å². The zero-order chi connectivity index (χ0) is 17.2. The van der Waals surface area contributed by atoms with Gasteiger partial charge >= 0.3 is 0 Å². The quantitative estimate of drug-likeness (QED) is 0.810. The molecule has 3 rings (SSSR count). The Morgan fingerprint density at radius 1 is 1.00 bits per heavy atom. The Morgan fingerprint density at radius 2 is 1.58 bits per heavy atom. The second-order valence-corrected chi connectivity index (χ2v) is 9.04. The fourth-order valence-corrected chi connectivity index (χ4v) is 4.81. The van der Waals surface area contributed by atoms with Crippen molar-refractivity contribution in [1.82, 2.24) is 5.32 Å². The van der Waals surface area contributed by atoms with Crippen LogP contribution in [-0.2, 0) is 10.2 Å². The van der Waals surface area contributed by atoms with Gasteiger partial charge in [0.15, 0.2) is 0 Å². The maximum absolute atomic E-state index is 13.2. The third-order valence-corrected chi connectivity index (χ3v) is 6.51. The Balaban J connectivity index is 1.66. The normalized spacial score (nSPS) is 27.0. The average Bonchev–Trinajstić information content (AvgIpc) is 3.06. The molecule has 1 aromatic rings. The number of amides is 1. The van der Waals surface area contributed by atoms with Gasteiger partial charge in [0, 0.05) is 6.04 Å². The maximum atomic E-state index is 13.2. The lowest BCUT2D eigenvalue weighted by Gasteiger charge is -2.38. The molecule has 0 heterocycles. The highest BCUT2D eigenvalue weighted by Gasteiger charge is 2.43. The van der Waals surface area contributed by atoms with Crippen molar-refractivity contribution in [3.63, 3.8) is 0 Å². The highest BCUT2D eigenvalue weighted by molar-refractivity contribution is 5.88. The van der Waals surface area contributed by atoms with Gasteiger partial charge in [0.25, 0.3) is 0 Å². The summed E-state index contributed by atoms with van der Waals surface area (Å²) in [5.74, 6) is 1.07. The van der Waals surface area contributed by atoms with Gasteiger partial charge in [0.1, 0.15) is 0 Å². The Morgan fingerprint density at radius 3 is 2.12 bits per heavy atom. The second-order valence-electron chi connectivity index (χ2n) is 9.04. The number of nitrogens with one attached hydrogen (secondary N) is 1. The van der Waals surface area contributed by atoms with Gasteiger partial charge in [-0.1, -0.05) is 63.9 Å². The minimum atomic E-state index is -0.276. The van der Waals surface area contributed by atoms with Crippen LogP contribution in [-0.4, -0.2) is 11.9 Å². The van der Waals surface area contributed by atoms with Crippen molar-refractivity contribution in [2.75, 3.05) is 0 Å². The third-order valence-electron chi connectivity index (χ3n) is 6.51. The summed E-state index contributed by atoms with van der Waals surface area (Å²) < 4.78 is 0. The van der Waals surface area contributed by atoms with Crippen LogP contribution in [0.2, 0.25) is 0 Å². The van der Waals surface area contributed by atoms with Crippen molar-refractivity contribution in [3.05, 3.63) is 35.9 Å². The highest BCUT2D eigenvalue weighted by Crippen LogP contribution is 2.42. The van der Waals surface area contributed by atoms with E-state index in [9.17, 15) is 4.79 Å². The maximum Gasteiger partial charge on any atom is 0.230 e. The van der Waals surface area contributed by atoms with Gasteiger partial charge in [-0.15, -0.1) is 0 Å². The molecule has 0 atom stereocenters. The van der Waals surface area contributed by atoms with E-state index in [1.807, 2.05) is 6.07 Å². The summed E-state index contributed by atoms with van der Waals surface area (Å²) in [7, 11) is 0. The number of rotatable bonds is 3. The van der Waals surface area contributed by atoms with Crippen molar-refractivity contribution >= 4 is 5.91 Å². The van der Waals surface area contributed by atoms with E-state index in [0.717, 1.165) is 31.6 Å². The number of hydrogen-bond acceptors (Lipinski definition) is 1. The number of carbonyl (C=O) groups excluding carboxylic acids is 1. The van der Waals surface area contributed by atoms with Crippen LogP contribution in [0.15, 0.2) is 30.3 Å². The molecule has 0 aromatic heterocycles. The fourth-order valence-electron chi connectivity index (χ4n) is 4.81. The molecule has 24 heavy (non-hydrogen) atoms. The van der Waals surface area contributed by atoms with Crippen molar-refractivity contribution in [1.29, 1.82) is 0 Å². The molecule has 0 saturated heterocycles. The molecule has 0 spiro atoms. The molecule has 132 valence electrons. The Hall–Kier alpha value is -1.31. The predicted molar refractivity (Wildman–Crippen MR) is 99.9 cm³/mol. The molecule has 2 aliphatic rings. The van der Waals surface area contributed by atoms with Crippen LogP contribution in [0.3, 0.4) is 0 Å². The first-order chi connectivity index (χ1) is 11.4. The van der Waals surface area contributed by atoms with E-state index >= 15 is 0 Å². The van der Waals surface area contributed by atoms with Gasteiger partial charge in [-0.2, -0.15) is 0 Å². The lowest BCUT2D eigenvalue weighted by molar-refractivity contribution is -0.127. The van der Waals surface area contributed by atoms with Crippen LogP contribution in [0.5, 0.6) is 0 Å².